The normalized spacial score (nSPS) is 18.0. The Bertz CT molecular complexity index is 953. The van der Waals surface area contributed by atoms with E-state index < -0.39 is 0 Å². The van der Waals surface area contributed by atoms with Crippen molar-refractivity contribution >= 4 is 21.4 Å². The molecule has 0 N–H and O–H groups in total. The first-order valence-electron chi connectivity index (χ1n) is 8.16. The first kappa shape index (κ1) is 16.2. The second-order valence-corrected chi connectivity index (χ2v) is 6.81. The maximum Gasteiger partial charge on any atom is 0.275 e. The second-order valence-electron chi connectivity index (χ2n) is 5.88. The fourth-order valence-corrected chi connectivity index (χ4v) is 3.82. The Morgan fingerprint density at radius 2 is 2.16 bits per heavy atom. The van der Waals surface area contributed by atoms with E-state index in [0.717, 1.165) is 16.4 Å². The van der Waals surface area contributed by atoms with E-state index in [1.54, 1.807) is 12.1 Å². The largest absolute Gasteiger partial charge is 0.370 e. The fourth-order valence-electron chi connectivity index (χ4n) is 2.86. The van der Waals surface area contributed by atoms with Gasteiger partial charge in [0.1, 0.15) is 11.9 Å². The number of halogens is 1. The van der Waals surface area contributed by atoms with Gasteiger partial charge in [-0.15, -0.1) is 5.10 Å². The van der Waals surface area contributed by atoms with Gasteiger partial charge in [0.25, 0.3) is 5.56 Å². The molecule has 4 rings (SSSR count). The summed E-state index contributed by atoms with van der Waals surface area (Å²) in [4.78, 5) is 19.3. The van der Waals surface area contributed by atoms with Gasteiger partial charge < -0.3 is 9.64 Å². The Morgan fingerprint density at radius 3 is 2.92 bits per heavy atom. The molecule has 1 saturated heterocycles. The van der Waals surface area contributed by atoms with Crippen LogP contribution >= 0.6 is 11.3 Å². The third-order valence-electron chi connectivity index (χ3n) is 4.23. The van der Waals surface area contributed by atoms with Crippen LogP contribution in [0.15, 0.2) is 35.1 Å². The number of ether oxygens (including phenoxy) is 1. The number of aromatic nitrogens is 3. The number of benzene rings is 1. The van der Waals surface area contributed by atoms with Crippen molar-refractivity contribution in [3.63, 3.8) is 0 Å². The van der Waals surface area contributed by atoms with Crippen molar-refractivity contribution in [2.75, 3.05) is 24.6 Å². The zero-order valence-corrected chi connectivity index (χ0v) is 14.5. The second kappa shape index (κ2) is 6.53. The Morgan fingerprint density at radius 1 is 1.36 bits per heavy atom. The van der Waals surface area contributed by atoms with Gasteiger partial charge in [0, 0.05) is 18.3 Å². The van der Waals surface area contributed by atoms with Crippen molar-refractivity contribution in [3.05, 3.63) is 57.8 Å². The van der Waals surface area contributed by atoms with Crippen LogP contribution in [0.1, 0.15) is 24.3 Å². The number of nitrogens with zero attached hydrogens (tertiary/aromatic N) is 4. The average Bonchev–Trinajstić information content (AvgIpc) is 3.07. The number of fused-ring (bicyclic) bond motifs is 1. The summed E-state index contributed by atoms with van der Waals surface area (Å²) in [6.07, 6.45) is 0.556. The molecule has 1 aliphatic rings. The van der Waals surface area contributed by atoms with E-state index in [4.69, 9.17) is 4.74 Å². The molecule has 1 atom stereocenters. The molecule has 2 aromatic heterocycles. The lowest BCUT2D eigenvalue weighted by Gasteiger charge is -2.32. The van der Waals surface area contributed by atoms with Gasteiger partial charge in [0.2, 0.25) is 10.1 Å². The molecule has 1 aliphatic heterocycles. The summed E-state index contributed by atoms with van der Waals surface area (Å²) in [5.74, 6) is -0.264. The van der Waals surface area contributed by atoms with E-state index in [9.17, 15) is 9.18 Å². The number of anilines is 1. The zero-order chi connectivity index (χ0) is 17.4. The van der Waals surface area contributed by atoms with E-state index in [1.807, 2.05) is 6.92 Å². The molecule has 6 nitrogen and oxygen atoms in total. The minimum Gasteiger partial charge on any atom is -0.370 e. The maximum atomic E-state index is 13.1. The van der Waals surface area contributed by atoms with Gasteiger partial charge in [-0.05, 0) is 24.1 Å². The van der Waals surface area contributed by atoms with E-state index in [-0.39, 0.29) is 17.5 Å². The number of hydrogen-bond acceptors (Lipinski definition) is 6. The molecular weight excluding hydrogens is 343 g/mol. The molecule has 0 spiro atoms. The summed E-state index contributed by atoms with van der Waals surface area (Å²) in [7, 11) is 0. The van der Waals surface area contributed by atoms with Gasteiger partial charge >= 0.3 is 0 Å². The quantitative estimate of drug-likeness (QED) is 0.718. The minimum absolute atomic E-state index is 0.155. The SMILES string of the molecule is CCc1cc(=O)n2nc(N3CCOC(c4ccc(F)cc4)C3)sc2n1. The first-order valence-corrected chi connectivity index (χ1v) is 8.97. The van der Waals surface area contributed by atoms with E-state index >= 15 is 0 Å². The Hall–Kier alpha value is -2.32. The Labute approximate surface area is 147 Å². The number of hydrogen-bond donors (Lipinski definition) is 0. The summed E-state index contributed by atoms with van der Waals surface area (Å²) in [6, 6.07) is 7.87. The maximum absolute atomic E-state index is 13.1. The van der Waals surface area contributed by atoms with Gasteiger partial charge in [-0.25, -0.2) is 9.37 Å². The first-order chi connectivity index (χ1) is 12.1. The zero-order valence-electron chi connectivity index (χ0n) is 13.7. The number of morpholine rings is 1. The lowest BCUT2D eigenvalue weighted by atomic mass is 10.1. The summed E-state index contributed by atoms with van der Waals surface area (Å²) >= 11 is 1.40. The molecule has 1 unspecified atom stereocenters. The van der Waals surface area contributed by atoms with E-state index in [1.165, 1.54) is 34.1 Å². The molecule has 0 amide bonds. The lowest BCUT2D eigenvalue weighted by molar-refractivity contribution is 0.0397. The molecule has 1 fully saturated rings. The highest BCUT2D eigenvalue weighted by Crippen LogP contribution is 2.28. The third kappa shape index (κ3) is 3.14. The Kier molecular flexibility index (Phi) is 4.22. The summed E-state index contributed by atoms with van der Waals surface area (Å²) in [5.41, 5.74) is 1.54. The molecule has 130 valence electrons. The number of rotatable bonds is 3. The molecule has 25 heavy (non-hydrogen) atoms. The highest BCUT2D eigenvalue weighted by Gasteiger charge is 2.25. The highest BCUT2D eigenvalue weighted by molar-refractivity contribution is 7.20. The highest BCUT2D eigenvalue weighted by atomic mass is 32.1. The van der Waals surface area contributed by atoms with Gasteiger partial charge in [-0.3, -0.25) is 4.79 Å². The fraction of sp³-hybridized carbons (Fsp3) is 0.353. The molecule has 0 radical (unpaired) electrons. The molecule has 1 aromatic carbocycles. The molecule has 8 heteroatoms. The van der Waals surface area contributed by atoms with Crippen LogP contribution in [0, 0.1) is 5.82 Å². The van der Waals surface area contributed by atoms with Crippen LogP contribution in [-0.4, -0.2) is 34.3 Å². The third-order valence-corrected chi connectivity index (χ3v) is 5.20. The van der Waals surface area contributed by atoms with Crippen LogP contribution in [0.4, 0.5) is 9.52 Å². The van der Waals surface area contributed by atoms with Gasteiger partial charge in [-0.1, -0.05) is 30.4 Å². The van der Waals surface area contributed by atoms with Crippen LogP contribution in [-0.2, 0) is 11.2 Å². The van der Waals surface area contributed by atoms with Crippen molar-refractivity contribution < 1.29 is 9.13 Å². The molecule has 0 saturated carbocycles. The molecule has 0 aliphatic carbocycles. The van der Waals surface area contributed by atoms with Crippen molar-refractivity contribution in [1.29, 1.82) is 0 Å². The van der Waals surface area contributed by atoms with Gasteiger partial charge in [-0.2, -0.15) is 4.52 Å². The predicted molar refractivity (Wildman–Crippen MR) is 93.8 cm³/mol. The minimum atomic E-state index is -0.264. The van der Waals surface area contributed by atoms with Crippen molar-refractivity contribution in [1.82, 2.24) is 14.6 Å². The lowest BCUT2D eigenvalue weighted by Crippen LogP contribution is -2.38. The Balaban J connectivity index is 1.63. The molecule has 3 aromatic rings. The standard InChI is InChI=1S/C17H17FN4O2S/c1-2-13-9-15(23)22-16(19-13)25-17(20-22)21-7-8-24-14(10-21)11-3-5-12(18)6-4-11/h3-6,9,14H,2,7-8,10H2,1H3. The summed E-state index contributed by atoms with van der Waals surface area (Å²) in [6.45, 7) is 3.80. The van der Waals surface area contributed by atoms with Crippen molar-refractivity contribution in [3.8, 4) is 0 Å². The summed E-state index contributed by atoms with van der Waals surface area (Å²) < 4.78 is 20.3. The summed E-state index contributed by atoms with van der Waals surface area (Å²) in [5, 5.41) is 5.17. The van der Waals surface area contributed by atoms with Gasteiger partial charge in [0.15, 0.2) is 0 Å². The van der Waals surface area contributed by atoms with Gasteiger partial charge in [0.05, 0.1) is 13.2 Å². The topological polar surface area (TPSA) is 59.7 Å². The molecule has 3 heterocycles. The smallest absolute Gasteiger partial charge is 0.275 e. The monoisotopic (exact) mass is 360 g/mol. The van der Waals surface area contributed by atoms with Crippen LogP contribution in [0.2, 0.25) is 0 Å². The van der Waals surface area contributed by atoms with E-state index in [2.05, 4.69) is 15.0 Å². The van der Waals surface area contributed by atoms with E-state index in [0.29, 0.717) is 31.1 Å². The number of aryl methyl sites for hydroxylation is 1. The predicted octanol–water partition coefficient (Wildman–Crippen LogP) is 2.43. The van der Waals surface area contributed by atoms with Crippen LogP contribution < -0.4 is 10.5 Å². The van der Waals surface area contributed by atoms with Crippen LogP contribution in [0.5, 0.6) is 0 Å². The molecule has 0 bridgehead atoms. The van der Waals surface area contributed by atoms with Crippen molar-refractivity contribution in [2.24, 2.45) is 0 Å². The van der Waals surface area contributed by atoms with Crippen molar-refractivity contribution in [2.45, 2.75) is 19.4 Å². The van der Waals surface area contributed by atoms with Crippen LogP contribution in [0.25, 0.3) is 4.96 Å². The average molecular weight is 360 g/mol. The van der Waals surface area contributed by atoms with Crippen LogP contribution in [0.3, 0.4) is 0 Å². The molecular formula is C17H17FN4O2S.